The standard InChI is InChI=1S/C20H18ClN3O/c1-12-6-8-14(9-7-12)15-10-16(19(22)23-11-15)20(25)24-18-13(2)4-3-5-17(18)21/h3-11H,1-2H3,(H2,22,23)(H,24,25). The molecule has 25 heavy (non-hydrogen) atoms. The summed E-state index contributed by atoms with van der Waals surface area (Å²) in [6.45, 7) is 3.90. The normalized spacial score (nSPS) is 10.5. The highest BCUT2D eigenvalue weighted by Crippen LogP contribution is 2.27. The van der Waals surface area contributed by atoms with E-state index in [4.69, 9.17) is 17.3 Å². The fraction of sp³-hybridized carbons (Fsp3) is 0.100. The SMILES string of the molecule is Cc1ccc(-c2cnc(N)c(C(=O)Nc3c(C)cccc3Cl)c2)cc1. The molecule has 0 atom stereocenters. The molecule has 3 aromatic rings. The lowest BCUT2D eigenvalue weighted by Gasteiger charge is -2.12. The molecule has 2 aromatic carbocycles. The van der Waals surface area contributed by atoms with Crippen molar-refractivity contribution in [3.05, 3.63) is 76.4 Å². The summed E-state index contributed by atoms with van der Waals surface area (Å²) < 4.78 is 0. The summed E-state index contributed by atoms with van der Waals surface area (Å²) in [4.78, 5) is 16.9. The van der Waals surface area contributed by atoms with Crippen molar-refractivity contribution in [2.24, 2.45) is 0 Å². The average molecular weight is 352 g/mol. The first-order valence-electron chi connectivity index (χ1n) is 7.84. The van der Waals surface area contributed by atoms with E-state index < -0.39 is 0 Å². The highest BCUT2D eigenvalue weighted by atomic mass is 35.5. The van der Waals surface area contributed by atoms with E-state index in [1.54, 1.807) is 18.3 Å². The van der Waals surface area contributed by atoms with Gasteiger partial charge in [0, 0.05) is 11.8 Å². The van der Waals surface area contributed by atoms with Crippen molar-refractivity contribution in [1.82, 2.24) is 4.98 Å². The number of aromatic nitrogens is 1. The van der Waals surface area contributed by atoms with Gasteiger partial charge >= 0.3 is 0 Å². The Morgan fingerprint density at radius 2 is 1.80 bits per heavy atom. The van der Waals surface area contributed by atoms with Crippen molar-refractivity contribution < 1.29 is 4.79 Å². The minimum atomic E-state index is -0.338. The molecule has 0 bridgehead atoms. The maximum absolute atomic E-state index is 12.7. The number of halogens is 1. The van der Waals surface area contributed by atoms with Gasteiger partial charge in [-0.1, -0.05) is 53.6 Å². The van der Waals surface area contributed by atoms with E-state index in [0.717, 1.165) is 16.7 Å². The first-order chi connectivity index (χ1) is 12.0. The van der Waals surface area contributed by atoms with Gasteiger partial charge in [-0.2, -0.15) is 0 Å². The summed E-state index contributed by atoms with van der Waals surface area (Å²) in [5.74, 6) is -0.159. The summed E-state index contributed by atoms with van der Waals surface area (Å²) in [7, 11) is 0. The summed E-state index contributed by atoms with van der Waals surface area (Å²) in [5.41, 5.74) is 10.7. The zero-order valence-electron chi connectivity index (χ0n) is 14.0. The average Bonchev–Trinajstić information content (AvgIpc) is 2.59. The summed E-state index contributed by atoms with van der Waals surface area (Å²) >= 11 is 6.18. The number of pyridine rings is 1. The van der Waals surface area contributed by atoms with Crippen LogP contribution in [0.25, 0.3) is 11.1 Å². The number of para-hydroxylation sites is 1. The molecule has 0 saturated heterocycles. The molecule has 0 unspecified atom stereocenters. The lowest BCUT2D eigenvalue weighted by Crippen LogP contribution is -2.16. The van der Waals surface area contributed by atoms with Crippen LogP contribution in [0, 0.1) is 13.8 Å². The number of carbonyl (C=O) groups is 1. The van der Waals surface area contributed by atoms with E-state index >= 15 is 0 Å². The van der Waals surface area contributed by atoms with Gasteiger partial charge in [0.25, 0.3) is 5.91 Å². The summed E-state index contributed by atoms with van der Waals surface area (Å²) in [6.07, 6.45) is 1.66. The largest absolute Gasteiger partial charge is 0.383 e. The van der Waals surface area contributed by atoms with Gasteiger partial charge < -0.3 is 11.1 Å². The van der Waals surface area contributed by atoms with E-state index in [9.17, 15) is 4.79 Å². The highest BCUT2D eigenvalue weighted by molar-refractivity contribution is 6.34. The molecule has 0 fully saturated rings. The zero-order chi connectivity index (χ0) is 18.0. The van der Waals surface area contributed by atoms with Gasteiger partial charge in [0.15, 0.2) is 0 Å². The zero-order valence-corrected chi connectivity index (χ0v) is 14.8. The number of nitrogens with one attached hydrogen (secondary N) is 1. The number of carbonyl (C=O) groups excluding carboxylic acids is 1. The molecule has 3 N–H and O–H groups in total. The quantitative estimate of drug-likeness (QED) is 0.708. The van der Waals surface area contributed by atoms with Crippen molar-refractivity contribution >= 4 is 29.0 Å². The van der Waals surface area contributed by atoms with Crippen LogP contribution in [-0.4, -0.2) is 10.9 Å². The number of nitrogens with zero attached hydrogens (tertiary/aromatic N) is 1. The number of aryl methyl sites for hydroxylation is 2. The molecule has 0 aliphatic rings. The Labute approximate surface area is 151 Å². The van der Waals surface area contributed by atoms with E-state index in [1.165, 1.54) is 5.56 Å². The van der Waals surface area contributed by atoms with Gasteiger partial charge in [0.2, 0.25) is 0 Å². The second-order valence-electron chi connectivity index (χ2n) is 5.91. The molecule has 4 nitrogen and oxygen atoms in total. The van der Waals surface area contributed by atoms with Crippen LogP contribution in [0.1, 0.15) is 21.5 Å². The molecule has 0 radical (unpaired) electrons. The van der Waals surface area contributed by atoms with Crippen LogP contribution in [0.5, 0.6) is 0 Å². The molecule has 0 spiro atoms. The van der Waals surface area contributed by atoms with Crippen LogP contribution >= 0.6 is 11.6 Å². The fourth-order valence-electron chi connectivity index (χ4n) is 2.53. The Kier molecular flexibility index (Phi) is 4.72. The van der Waals surface area contributed by atoms with Crippen molar-refractivity contribution in [3.63, 3.8) is 0 Å². The molecule has 0 aliphatic heterocycles. The molecule has 1 amide bonds. The Balaban J connectivity index is 1.95. The first kappa shape index (κ1) is 17.0. The Hall–Kier alpha value is -2.85. The topological polar surface area (TPSA) is 68.0 Å². The molecular weight excluding hydrogens is 334 g/mol. The van der Waals surface area contributed by atoms with Crippen LogP contribution in [0.4, 0.5) is 11.5 Å². The van der Waals surface area contributed by atoms with Crippen LogP contribution in [-0.2, 0) is 0 Å². The predicted octanol–water partition coefficient (Wildman–Crippen LogP) is 4.85. The van der Waals surface area contributed by atoms with E-state index in [2.05, 4.69) is 10.3 Å². The second kappa shape index (κ2) is 6.95. The minimum absolute atomic E-state index is 0.179. The third-order valence-corrected chi connectivity index (χ3v) is 4.32. The van der Waals surface area contributed by atoms with Gasteiger partial charge in [0.05, 0.1) is 16.3 Å². The molecular formula is C20H18ClN3O. The molecule has 0 aliphatic carbocycles. The minimum Gasteiger partial charge on any atom is -0.383 e. The Morgan fingerprint density at radius 1 is 1.08 bits per heavy atom. The van der Waals surface area contributed by atoms with Gasteiger partial charge in [-0.15, -0.1) is 0 Å². The number of benzene rings is 2. The summed E-state index contributed by atoms with van der Waals surface area (Å²) in [6, 6.07) is 15.2. The molecule has 1 heterocycles. The maximum Gasteiger partial charge on any atom is 0.259 e. The van der Waals surface area contributed by atoms with E-state index in [0.29, 0.717) is 16.3 Å². The third kappa shape index (κ3) is 3.64. The number of amides is 1. The number of rotatable bonds is 3. The van der Waals surface area contributed by atoms with Crippen LogP contribution in [0.3, 0.4) is 0 Å². The lowest BCUT2D eigenvalue weighted by atomic mass is 10.0. The van der Waals surface area contributed by atoms with Gasteiger partial charge in [-0.05, 0) is 37.1 Å². The Bertz CT molecular complexity index is 916. The first-order valence-corrected chi connectivity index (χ1v) is 8.22. The van der Waals surface area contributed by atoms with Crippen LogP contribution in [0.15, 0.2) is 54.7 Å². The van der Waals surface area contributed by atoms with Crippen molar-refractivity contribution in [2.75, 3.05) is 11.1 Å². The smallest absolute Gasteiger partial charge is 0.259 e. The van der Waals surface area contributed by atoms with Gasteiger partial charge in [-0.3, -0.25) is 4.79 Å². The predicted molar refractivity (Wildman–Crippen MR) is 103 cm³/mol. The summed E-state index contributed by atoms with van der Waals surface area (Å²) in [5, 5.41) is 3.31. The van der Waals surface area contributed by atoms with Crippen molar-refractivity contribution in [1.29, 1.82) is 0 Å². The fourth-order valence-corrected chi connectivity index (χ4v) is 2.80. The molecule has 126 valence electrons. The van der Waals surface area contributed by atoms with Gasteiger partial charge in [0.1, 0.15) is 5.82 Å². The van der Waals surface area contributed by atoms with Crippen LogP contribution < -0.4 is 11.1 Å². The number of hydrogen-bond donors (Lipinski definition) is 2. The molecule has 3 rings (SSSR count). The molecule has 5 heteroatoms. The third-order valence-electron chi connectivity index (χ3n) is 4.01. The van der Waals surface area contributed by atoms with Crippen molar-refractivity contribution in [3.8, 4) is 11.1 Å². The second-order valence-corrected chi connectivity index (χ2v) is 6.32. The monoisotopic (exact) mass is 351 g/mol. The number of nitrogen functional groups attached to an aromatic ring is 1. The van der Waals surface area contributed by atoms with E-state index in [1.807, 2.05) is 50.2 Å². The molecule has 1 aromatic heterocycles. The van der Waals surface area contributed by atoms with Crippen LogP contribution in [0.2, 0.25) is 5.02 Å². The highest BCUT2D eigenvalue weighted by Gasteiger charge is 2.15. The number of anilines is 2. The molecule has 0 saturated carbocycles. The number of nitrogens with two attached hydrogens (primary N) is 1. The van der Waals surface area contributed by atoms with Gasteiger partial charge in [-0.25, -0.2) is 4.98 Å². The lowest BCUT2D eigenvalue weighted by molar-refractivity contribution is 0.102. The van der Waals surface area contributed by atoms with E-state index in [-0.39, 0.29) is 11.7 Å². The number of hydrogen-bond acceptors (Lipinski definition) is 3. The maximum atomic E-state index is 12.7. The Morgan fingerprint density at radius 3 is 2.48 bits per heavy atom. The van der Waals surface area contributed by atoms with Crippen molar-refractivity contribution in [2.45, 2.75) is 13.8 Å².